The number of aromatic nitrogens is 1. The summed E-state index contributed by atoms with van der Waals surface area (Å²) in [5, 5.41) is 2.53. The molecule has 3 aliphatic rings. The van der Waals surface area contributed by atoms with Crippen LogP contribution >= 0.6 is 0 Å². The minimum atomic E-state index is -0.445. The van der Waals surface area contributed by atoms with E-state index in [-0.39, 0.29) is 5.41 Å². The van der Waals surface area contributed by atoms with Crippen molar-refractivity contribution in [2.75, 3.05) is 4.90 Å². The average molecular weight is 841 g/mol. The molecule has 0 N–H and O–H groups in total. The van der Waals surface area contributed by atoms with Crippen LogP contribution in [0.4, 0.5) is 17.1 Å². The van der Waals surface area contributed by atoms with Gasteiger partial charge in [0.25, 0.3) is 0 Å². The lowest BCUT2D eigenvalue weighted by Crippen LogP contribution is -2.26. The highest BCUT2D eigenvalue weighted by Gasteiger charge is 2.52. The molecule has 310 valence electrons. The van der Waals surface area contributed by atoms with Gasteiger partial charge in [-0.15, -0.1) is 0 Å². The minimum absolute atomic E-state index is 0.147. The third-order valence-electron chi connectivity index (χ3n) is 15.2. The molecular weight excluding hydrogens is 797 g/mol. The van der Waals surface area contributed by atoms with E-state index in [9.17, 15) is 0 Å². The topological polar surface area (TPSA) is 8.17 Å². The van der Waals surface area contributed by atoms with E-state index in [4.69, 9.17) is 0 Å². The maximum atomic E-state index is 2.57. The SMILES string of the molecule is CC1(C)c2ccccc2-c2c(N(c3ccc(-c4cccc(-n5c6ccccc6c6ccccc65)c4)cc3)c3cccc4c3-c3ccccc3C43c4ccccc4-c4ccccc43)cccc21. The maximum Gasteiger partial charge on any atom is 0.0726 e. The summed E-state index contributed by atoms with van der Waals surface area (Å²) in [6, 6.07) is 86.2. The summed E-state index contributed by atoms with van der Waals surface area (Å²) < 4.78 is 2.40. The largest absolute Gasteiger partial charge is 0.309 e. The van der Waals surface area contributed by atoms with Gasteiger partial charge in [0.15, 0.2) is 0 Å². The molecule has 10 aromatic carbocycles. The first kappa shape index (κ1) is 37.2. The first-order valence-corrected chi connectivity index (χ1v) is 23.2. The minimum Gasteiger partial charge on any atom is -0.309 e. The highest BCUT2D eigenvalue weighted by atomic mass is 15.1. The van der Waals surface area contributed by atoms with Crippen molar-refractivity contribution in [3.05, 3.63) is 264 Å². The van der Waals surface area contributed by atoms with Crippen LogP contribution in [0.3, 0.4) is 0 Å². The van der Waals surface area contributed by atoms with Gasteiger partial charge >= 0.3 is 0 Å². The highest BCUT2D eigenvalue weighted by Crippen LogP contribution is 2.65. The molecule has 1 spiro atoms. The van der Waals surface area contributed by atoms with Crippen LogP contribution in [0.1, 0.15) is 47.2 Å². The quantitative estimate of drug-likeness (QED) is 0.168. The third kappa shape index (κ3) is 4.85. The Morgan fingerprint density at radius 1 is 0.348 bits per heavy atom. The van der Waals surface area contributed by atoms with Gasteiger partial charge in [0.1, 0.15) is 0 Å². The van der Waals surface area contributed by atoms with E-state index in [0.29, 0.717) is 0 Å². The molecule has 0 amide bonds. The van der Waals surface area contributed by atoms with Gasteiger partial charge in [-0.25, -0.2) is 0 Å². The molecule has 11 aromatic rings. The van der Waals surface area contributed by atoms with Crippen molar-refractivity contribution < 1.29 is 0 Å². The molecule has 1 aromatic heterocycles. The number of para-hydroxylation sites is 2. The molecule has 0 saturated carbocycles. The van der Waals surface area contributed by atoms with Crippen molar-refractivity contribution in [2.45, 2.75) is 24.7 Å². The Labute approximate surface area is 385 Å². The van der Waals surface area contributed by atoms with E-state index < -0.39 is 5.41 Å². The number of fused-ring (bicyclic) bond motifs is 16. The van der Waals surface area contributed by atoms with Crippen LogP contribution in [-0.4, -0.2) is 4.57 Å². The molecule has 66 heavy (non-hydrogen) atoms. The second-order valence-corrected chi connectivity index (χ2v) is 18.8. The fourth-order valence-corrected chi connectivity index (χ4v) is 12.5. The molecule has 2 heteroatoms. The van der Waals surface area contributed by atoms with Gasteiger partial charge in [0.05, 0.1) is 27.8 Å². The van der Waals surface area contributed by atoms with Crippen molar-refractivity contribution in [3.8, 4) is 50.2 Å². The predicted octanol–water partition coefficient (Wildman–Crippen LogP) is 16.6. The normalized spacial score (nSPS) is 14.2. The van der Waals surface area contributed by atoms with Crippen LogP contribution in [-0.2, 0) is 10.8 Å². The number of anilines is 3. The monoisotopic (exact) mass is 840 g/mol. The highest BCUT2D eigenvalue weighted by molar-refractivity contribution is 6.09. The molecular formula is C64H44N2. The summed E-state index contributed by atoms with van der Waals surface area (Å²) in [4.78, 5) is 2.57. The second-order valence-electron chi connectivity index (χ2n) is 18.8. The summed E-state index contributed by atoms with van der Waals surface area (Å²) in [6.45, 7) is 4.76. The van der Waals surface area contributed by atoms with Crippen LogP contribution in [0.5, 0.6) is 0 Å². The van der Waals surface area contributed by atoms with Crippen LogP contribution < -0.4 is 4.90 Å². The maximum absolute atomic E-state index is 2.57. The van der Waals surface area contributed by atoms with Crippen molar-refractivity contribution >= 4 is 38.9 Å². The molecule has 14 rings (SSSR count). The van der Waals surface area contributed by atoms with Gasteiger partial charge in [-0.3, -0.25) is 0 Å². The third-order valence-corrected chi connectivity index (χ3v) is 15.2. The molecule has 0 fully saturated rings. The molecule has 0 aliphatic heterocycles. The molecule has 0 saturated heterocycles. The van der Waals surface area contributed by atoms with E-state index in [1.807, 2.05) is 0 Å². The summed E-state index contributed by atoms with van der Waals surface area (Å²) >= 11 is 0. The second kappa shape index (κ2) is 13.7. The molecule has 3 aliphatic carbocycles. The molecule has 0 bridgehead atoms. The molecule has 0 radical (unpaired) electrons. The van der Waals surface area contributed by atoms with Crippen molar-refractivity contribution in [1.82, 2.24) is 4.57 Å². The summed E-state index contributed by atoms with van der Waals surface area (Å²) in [6.07, 6.45) is 0. The van der Waals surface area contributed by atoms with Gasteiger partial charge in [-0.05, 0) is 115 Å². The standard InChI is InChI=1S/C64H44N2/c1-63(2)51-26-9-5-24-49(51)61-55(63)30-16-34-59(61)65(43-38-36-41(37-39-43)42-18-15-19-44(40-42)66-57-32-13-7-22-47(57)48-23-8-14-33-58(48)66)60-35-17-31-56-62(60)50-25-6-12-29-54(50)64(56)52-27-10-3-20-45(52)46-21-4-11-28-53(46)64/h3-40H,1-2H3. The molecule has 0 atom stereocenters. The van der Waals surface area contributed by atoms with Gasteiger partial charge in [0, 0.05) is 38.7 Å². The number of rotatable bonds is 5. The smallest absolute Gasteiger partial charge is 0.0726 e. The molecule has 1 heterocycles. The van der Waals surface area contributed by atoms with Gasteiger partial charge in [-0.1, -0.05) is 196 Å². The Bertz CT molecular complexity index is 3710. The first-order chi connectivity index (χ1) is 32.5. The Kier molecular flexibility index (Phi) is 7.70. The van der Waals surface area contributed by atoms with E-state index in [2.05, 4.69) is 254 Å². The lowest BCUT2D eigenvalue weighted by molar-refractivity contribution is 0.660. The number of nitrogens with zero attached hydrogens (tertiary/aromatic N) is 2. The Morgan fingerprint density at radius 3 is 1.42 bits per heavy atom. The zero-order chi connectivity index (χ0) is 43.7. The first-order valence-electron chi connectivity index (χ1n) is 23.2. The Morgan fingerprint density at radius 2 is 0.803 bits per heavy atom. The van der Waals surface area contributed by atoms with Crippen LogP contribution in [0.2, 0.25) is 0 Å². The molecule has 2 nitrogen and oxygen atoms in total. The lowest BCUT2D eigenvalue weighted by Gasteiger charge is -2.32. The van der Waals surface area contributed by atoms with Gasteiger partial charge in [-0.2, -0.15) is 0 Å². The van der Waals surface area contributed by atoms with Crippen LogP contribution in [0.15, 0.2) is 231 Å². The van der Waals surface area contributed by atoms with Gasteiger partial charge in [0.2, 0.25) is 0 Å². The summed E-state index contributed by atoms with van der Waals surface area (Å²) in [7, 11) is 0. The number of hydrogen-bond acceptors (Lipinski definition) is 1. The predicted molar refractivity (Wildman–Crippen MR) is 275 cm³/mol. The fourth-order valence-electron chi connectivity index (χ4n) is 12.5. The fraction of sp³-hybridized carbons (Fsp3) is 0.0625. The lowest BCUT2D eigenvalue weighted by atomic mass is 9.70. The molecule has 0 unspecified atom stereocenters. The van der Waals surface area contributed by atoms with Crippen LogP contribution in [0.25, 0.3) is 72.0 Å². The summed E-state index contributed by atoms with van der Waals surface area (Å²) in [5.41, 5.74) is 24.7. The average Bonchev–Trinajstić information content (AvgIpc) is 4.05. The van der Waals surface area contributed by atoms with Gasteiger partial charge < -0.3 is 9.47 Å². The van der Waals surface area contributed by atoms with Crippen molar-refractivity contribution in [1.29, 1.82) is 0 Å². The number of hydrogen-bond donors (Lipinski definition) is 0. The van der Waals surface area contributed by atoms with Crippen LogP contribution in [0, 0.1) is 0 Å². The van der Waals surface area contributed by atoms with E-state index in [1.54, 1.807) is 0 Å². The number of benzene rings is 10. The van der Waals surface area contributed by atoms with E-state index >= 15 is 0 Å². The summed E-state index contributed by atoms with van der Waals surface area (Å²) in [5.74, 6) is 0. The van der Waals surface area contributed by atoms with E-state index in [1.165, 1.54) is 111 Å². The zero-order valence-electron chi connectivity index (χ0n) is 36.8. The zero-order valence-corrected chi connectivity index (χ0v) is 36.8. The Hall–Kier alpha value is -8.20. The van der Waals surface area contributed by atoms with Crippen molar-refractivity contribution in [3.63, 3.8) is 0 Å². The Balaban J connectivity index is 0.990. The van der Waals surface area contributed by atoms with Crippen molar-refractivity contribution in [2.24, 2.45) is 0 Å². The van der Waals surface area contributed by atoms with E-state index in [0.717, 1.165) is 11.4 Å².